The lowest BCUT2D eigenvalue weighted by Crippen LogP contribution is -2.36. The summed E-state index contributed by atoms with van der Waals surface area (Å²) in [7, 11) is 0. The second-order valence-electron chi connectivity index (χ2n) is 6.31. The Bertz CT molecular complexity index is 549. The zero-order valence-electron chi connectivity index (χ0n) is 12.8. The fourth-order valence-electron chi connectivity index (χ4n) is 2.24. The number of halogens is 3. The highest BCUT2D eigenvalue weighted by molar-refractivity contribution is 5.68. The molecule has 0 radical (unpaired) electrons. The van der Waals surface area contributed by atoms with Crippen molar-refractivity contribution in [3.8, 4) is 0 Å². The van der Waals surface area contributed by atoms with E-state index in [1.165, 1.54) is 4.90 Å². The highest BCUT2D eigenvalue weighted by Gasteiger charge is 2.29. The first-order valence-corrected chi connectivity index (χ1v) is 7.05. The summed E-state index contributed by atoms with van der Waals surface area (Å²) in [5, 5.41) is 2.90. The molecule has 0 aliphatic carbocycles. The van der Waals surface area contributed by atoms with Gasteiger partial charge < -0.3 is 15.0 Å². The normalized spacial score (nSPS) is 18.5. The largest absolute Gasteiger partial charge is 0.444 e. The van der Waals surface area contributed by atoms with Gasteiger partial charge in [-0.15, -0.1) is 0 Å². The van der Waals surface area contributed by atoms with E-state index in [0.29, 0.717) is 19.5 Å². The predicted molar refractivity (Wildman–Crippen MR) is 76.2 cm³/mol. The van der Waals surface area contributed by atoms with Gasteiger partial charge >= 0.3 is 6.09 Å². The molecule has 1 N–H and O–H groups in total. The molecular formula is C15H19F3N2O2. The summed E-state index contributed by atoms with van der Waals surface area (Å²) in [4.78, 5) is 13.4. The summed E-state index contributed by atoms with van der Waals surface area (Å²) < 4.78 is 44.5. The SMILES string of the molecule is CC(C)(C)OC(=O)N1CCC(Nc2cc(F)c(F)c(F)c2)C1. The van der Waals surface area contributed by atoms with Gasteiger partial charge in [-0.2, -0.15) is 0 Å². The van der Waals surface area contributed by atoms with E-state index in [4.69, 9.17) is 4.74 Å². The van der Waals surface area contributed by atoms with E-state index in [9.17, 15) is 18.0 Å². The molecule has 1 aliphatic rings. The minimum absolute atomic E-state index is 0.146. The number of nitrogens with one attached hydrogen (secondary N) is 1. The minimum atomic E-state index is -1.49. The van der Waals surface area contributed by atoms with Gasteiger partial charge in [0, 0.05) is 37.0 Å². The van der Waals surface area contributed by atoms with Crippen molar-refractivity contribution < 1.29 is 22.7 Å². The molecule has 22 heavy (non-hydrogen) atoms. The topological polar surface area (TPSA) is 41.6 Å². The van der Waals surface area contributed by atoms with Crippen molar-refractivity contribution in [2.45, 2.75) is 38.8 Å². The van der Waals surface area contributed by atoms with Crippen LogP contribution < -0.4 is 5.32 Å². The average molecular weight is 316 g/mol. The third-order valence-electron chi connectivity index (χ3n) is 3.19. The van der Waals surface area contributed by atoms with Crippen LogP contribution in [0.4, 0.5) is 23.7 Å². The summed E-state index contributed by atoms with van der Waals surface area (Å²) in [5.41, 5.74) is -0.432. The van der Waals surface area contributed by atoms with E-state index < -0.39 is 29.1 Å². The summed E-state index contributed by atoms with van der Waals surface area (Å²) in [5.74, 6) is -3.98. The number of nitrogens with zero attached hydrogens (tertiary/aromatic N) is 1. The van der Waals surface area contributed by atoms with Crippen LogP contribution in [0.1, 0.15) is 27.2 Å². The summed E-state index contributed by atoms with van der Waals surface area (Å²) in [6.07, 6.45) is 0.188. The first-order chi connectivity index (χ1) is 10.2. The first-order valence-electron chi connectivity index (χ1n) is 7.05. The summed E-state index contributed by atoms with van der Waals surface area (Å²) in [6.45, 7) is 6.18. The molecule has 0 aromatic heterocycles. The van der Waals surface area contributed by atoms with Crippen molar-refractivity contribution in [2.75, 3.05) is 18.4 Å². The Hall–Kier alpha value is -1.92. The Morgan fingerprint density at radius 2 is 1.86 bits per heavy atom. The van der Waals surface area contributed by atoms with Gasteiger partial charge in [0.05, 0.1) is 0 Å². The van der Waals surface area contributed by atoms with Crippen molar-refractivity contribution in [3.63, 3.8) is 0 Å². The van der Waals surface area contributed by atoms with E-state index >= 15 is 0 Å². The molecule has 1 fully saturated rings. The van der Waals surface area contributed by atoms with E-state index in [1.807, 2.05) is 0 Å². The lowest BCUT2D eigenvalue weighted by molar-refractivity contribution is 0.0293. The number of amides is 1. The van der Waals surface area contributed by atoms with Crippen molar-refractivity contribution >= 4 is 11.8 Å². The molecular weight excluding hydrogens is 297 g/mol. The highest BCUT2D eigenvalue weighted by Crippen LogP contribution is 2.21. The van der Waals surface area contributed by atoms with Crippen molar-refractivity contribution in [3.05, 3.63) is 29.6 Å². The van der Waals surface area contributed by atoms with Crippen molar-refractivity contribution in [1.82, 2.24) is 4.90 Å². The maximum absolute atomic E-state index is 13.2. The Labute approximate surface area is 127 Å². The van der Waals surface area contributed by atoms with Crippen LogP contribution in [0.25, 0.3) is 0 Å². The Balaban J connectivity index is 1.95. The number of rotatable bonds is 2. The van der Waals surface area contributed by atoms with Crippen LogP contribution in [0.3, 0.4) is 0 Å². The van der Waals surface area contributed by atoms with Gasteiger partial charge in [-0.1, -0.05) is 0 Å². The molecule has 1 aromatic carbocycles. The van der Waals surface area contributed by atoms with Gasteiger partial charge in [-0.3, -0.25) is 0 Å². The molecule has 1 saturated heterocycles. The zero-order chi connectivity index (χ0) is 16.5. The second kappa shape index (κ2) is 6.06. The number of ether oxygens (including phenoxy) is 1. The molecule has 4 nitrogen and oxygen atoms in total. The lowest BCUT2D eigenvalue weighted by Gasteiger charge is -2.24. The van der Waals surface area contributed by atoms with E-state index in [2.05, 4.69) is 5.32 Å². The van der Waals surface area contributed by atoms with Gasteiger partial charge in [0.25, 0.3) is 0 Å². The molecule has 1 aliphatic heterocycles. The molecule has 1 amide bonds. The molecule has 122 valence electrons. The maximum atomic E-state index is 13.2. The molecule has 1 atom stereocenters. The van der Waals surface area contributed by atoms with Crippen LogP contribution in [-0.2, 0) is 4.74 Å². The third-order valence-corrected chi connectivity index (χ3v) is 3.19. The quantitative estimate of drug-likeness (QED) is 0.849. The number of hydrogen-bond acceptors (Lipinski definition) is 3. The lowest BCUT2D eigenvalue weighted by atomic mass is 10.2. The van der Waals surface area contributed by atoms with Gasteiger partial charge in [0.1, 0.15) is 5.60 Å². The monoisotopic (exact) mass is 316 g/mol. The number of carbonyl (C=O) groups excluding carboxylic acids is 1. The smallest absolute Gasteiger partial charge is 0.410 e. The molecule has 0 bridgehead atoms. The van der Waals surface area contributed by atoms with Gasteiger partial charge in [-0.25, -0.2) is 18.0 Å². The van der Waals surface area contributed by atoms with Crippen LogP contribution in [0.15, 0.2) is 12.1 Å². The highest BCUT2D eigenvalue weighted by atomic mass is 19.2. The number of hydrogen-bond donors (Lipinski definition) is 1. The summed E-state index contributed by atoms with van der Waals surface area (Å²) in [6, 6.07) is 1.63. The van der Waals surface area contributed by atoms with Crippen molar-refractivity contribution in [2.24, 2.45) is 0 Å². The fourth-order valence-corrected chi connectivity index (χ4v) is 2.24. The molecule has 0 spiro atoms. The van der Waals surface area contributed by atoms with Gasteiger partial charge in [0.2, 0.25) is 0 Å². The van der Waals surface area contributed by atoms with Crippen LogP contribution in [0.2, 0.25) is 0 Å². The molecule has 7 heteroatoms. The molecule has 1 unspecified atom stereocenters. The van der Waals surface area contributed by atoms with E-state index in [-0.39, 0.29) is 11.7 Å². The number of anilines is 1. The Morgan fingerprint density at radius 3 is 2.41 bits per heavy atom. The van der Waals surface area contributed by atoms with Crippen LogP contribution in [0, 0.1) is 17.5 Å². The summed E-state index contributed by atoms with van der Waals surface area (Å²) >= 11 is 0. The Kier molecular flexibility index (Phi) is 4.53. The van der Waals surface area contributed by atoms with E-state index in [0.717, 1.165) is 12.1 Å². The van der Waals surface area contributed by atoms with E-state index in [1.54, 1.807) is 20.8 Å². The van der Waals surface area contributed by atoms with Crippen LogP contribution in [0.5, 0.6) is 0 Å². The number of benzene rings is 1. The first kappa shape index (κ1) is 16.5. The minimum Gasteiger partial charge on any atom is -0.444 e. The van der Waals surface area contributed by atoms with Crippen LogP contribution >= 0.6 is 0 Å². The molecule has 1 heterocycles. The average Bonchev–Trinajstić information content (AvgIpc) is 2.82. The molecule has 2 rings (SSSR count). The molecule has 1 aromatic rings. The molecule has 0 saturated carbocycles. The fraction of sp³-hybridized carbons (Fsp3) is 0.533. The predicted octanol–water partition coefficient (Wildman–Crippen LogP) is 3.53. The zero-order valence-corrected chi connectivity index (χ0v) is 12.8. The maximum Gasteiger partial charge on any atom is 0.410 e. The Morgan fingerprint density at radius 1 is 1.27 bits per heavy atom. The van der Waals surface area contributed by atoms with Crippen molar-refractivity contribution in [1.29, 1.82) is 0 Å². The van der Waals surface area contributed by atoms with Gasteiger partial charge in [-0.05, 0) is 27.2 Å². The standard InChI is InChI=1S/C15H19F3N2O2/c1-15(2,3)22-14(21)20-5-4-9(8-20)19-10-6-11(16)13(18)12(17)7-10/h6-7,9,19H,4-5,8H2,1-3H3. The second-order valence-corrected chi connectivity index (χ2v) is 6.31. The van der Waals surface area contributed by atoms with Gasteiger partial charge in [0.15, 0.2) is 17.5 Å². The van der Waals surface area contributed by atoms with Crippen LogP contribution in [-0.4, -0.2) is 35.7 Å². The third kappa shape index (κ3) is 4.05. The number of carbonyl (C=O) groups is 1. The number of likely N-dealkylation sites (tertiary alicyclic amines) is 1.